The minimum atomic E-state index is -3.77. The minimum Gasteiger partial charge on any atom is -0.322 e. The number of aryl methyl sites for hydroxylation is 1. The van der Waals surface area contributed by atoms with Crippen molar-refractivity contribution >= 4 is 27.3 Å². The molecule has 1 heterocycles. The van der Waals surface area contributed by atoms with Crippen LogP contribution >= 0.6 is 0 Å². The Balaban J connectivity index is 1.78. The Kier molecular flexibility index (Phi) is 6.26. The van der Waals surface area contributed by atoms with Crippen molar-refractivity contribution in [2.24, 2.45) is 10.3 Å². The van der Waals surface area contributed by atoms with Crippen LogP contribution in [0.25, 0.3) is 0 Å². The van der Waals surface area contributed by atoms with Crippen LogP contribution in [-0.4, -0.2) is 33.1 Å². The van der Waals surface area contributed by atoms with Crippen LogP contribution in [0.2, 0.25) is 0 Å². The maximum atomic E-state index is 12.7. The van der Waals surface area contributed by atoms with Crippen molar-refractivity contribution in [3.8, 4) is 0 Å². The molecule has 0 bridgehead atoms. The summed E-state index contributed by atoms with van der Waals surface area (Å²) in [5.41, 5.74) is 2.44. The Morgan fingerprint density at radius 1 is 1.11 bits per heavy atom. The van der Waals surface area contributed by atoms with Gasteiger partial charge in [-0.25, -0.2) is 0 Å². The van der Waals surface area contributed by atoms with Gasteiger partial charge >= 0.3 is 0 Å². The fraction of sp³-hybridized carbons (Fsp3) is 0.333. The molecule has 28 heavy (non-hydrogen) atoms. The van der Waals surface area contributed by atoms with Crippen molar-refractivity contribution in [2.75, 3.05) is 18.4 Å². The first-order valence-electron chi connectivity index (χ1n) is 9.36. The van der Waals surface area contributed by atoms with Crippen molar-refractivity contribution < 1.29 is 13.2 Å². The van der Waals surface area contributed by atoms with Crippen LogP contribution in [0.15, 0.2) is 57.8 Å². The fourth-order valence-electron chi connectivity index (χ4n) is 3.28. The summed E-state index contributed by atoms with van der Waals surface area (Å²) in [7, 11) is -3.77. The molecule has 1 fully saturated rings. The van der Waals surface area contributed by atoms with Gasteiger partial charge in [-0.05, 0) is 75.7 Å². The summed E-state index contributed by atoms with van der Waals surface area (Å²) in [4.78, 5) is 12.4. The molecule has 148 valence electrons. The van der Waals surface area contributed by atoms with Crippen LogP contribution in [-0.2, 0) is 10.0 Å². The SMILES string of the molecule is CC(=NS(=O)(=O)c1ccc(NC(=O)c2ccccc2)c(C)c1)C1CCNCC1. The third kappa shape index (κ3) is 4.85. The molecule has 0 radical (unpaired) electrons. The van der Waals surface area contributed by atoms with E-state index in [1.165, 1.54) is 6.07 Å². The van der Waals surface area contributed by atoms with Crippen LogP contribution in [0.5, 0.6) is 0 Å². The van der Waals surface area contributed by atoms with Crippen LogP contribution in [0.4, 0.5) is 5.69 Å². The van der Waals surface area contributed by atoms with Crippen LogP contribution < -0.4 is 10.6 Å². The Morgan fingerprint density at radius 3 is 2.43 bits per heavy atom. The number of amides is 1. The Bertz CT molecular complexity index is 979. The average Bonchev–Trinajstić information content (AvgIpc) is 2.70. The maximum absolute atomic E-state index is 12.7. The lowest BCUT2D eigenvalue weighted by atomic mass is 9.94. The van der Waals surface area contributed by atoms with E-state index >= 15 is 0 Å². The summed E-state index contributed by atoms with van der Waals surface area (Å²) < 4.78 is 29.5. The van der Waals surface area contributed by atoms with Gasteiger partial charge in [-0.3, -0.25) is 4.79 Å². The number of carbonyl (C=O) groups is 1. The number of piperidine rings is 1. The molecule has 1 saturated heterocycles. The zero-order valence-electron chi connectivity index (χ0n) is 16.1. The fourth-order valence-corrected chi connectivity index (χ4v) is 4.48. The second kappa shape index (κ2) is 8.67. The maximum Gasteiger partial charge on any atom is 0.282 e. The molecule has 0 saturated carbocycles. The number of nitrogens with zero attached hydrogens (tertiary/aromatic N) is 1. The summed E-state index contributed by atoms with van der Waals surface area (Å²) in [6.07, 6.45) is 1.79. The zero-order valence-corrected chi connectivity index (χ0v) is 16.9. The summed E-state index contributed by atoms with van der Waals surface area (Å²) in [6.45, 7) is 5.32. The van der Waals surface area contributed by atoms with E-state index in [-0.39, 0.29) is 16.7 Å². The molecule has 2 N–H and O–H groups in total. The van der Waals surface area contributed by atoms with E-state index in [1.807, 2.05) is 6.07 Å². The smallest absolute Gasteiger partial charge is 0.282 e. The summed E-state index contributed by atoms with van der Waals surface area (Å²) >= 11 is 0. The minimum absolute atomic E-state index is 0.135. The van der Waals surface area contributed by atoms with Crippen molar-refractivity contribution in [1.29, 1.82) is 0 Å². The highest BCUT2D eigenvalue weighted by atomic mass is 32.2. The molecule has 0 aliphatic carbocycles. The van der Waals surface area contributed by atoms with E-state index in [4.69, 9.17) is 0 Å². The molecule has 3 rings (SSSR count). The lowest BCUT2D eigenvalue weighted by Gasteiger charge is -2.22. The quantitative estimate of drug-likeness (QED) is 0.755. The Hall–Kier alpha value is -2.51. The number of sulfonamides is 1. The molecular weight excluding hydrogens is 374 g/mol. The van der Waals surface area contributed by atoms with Crippen molar-refractivity contribution in [3.05, 3.63) is 59.7 Å². The van der Waals surface area contributed by atoms with Crippen LogP contribution in [0, 0.1) is 12.8 Å². The first-order chi connectivity index (χ1) is 13.4. The number of benzene rings is 2. The predicted molar refractivity (Wildman–Crippen MR) is 111 cm³/mol. The molecule has 1 aliphatic rings. The number of anilines is 1. The van der Waals surface area contributed by atoms with Gasteiger partial charge in [0.2, 0.25) is 0 Å². The number of rotatable bonds is 5. The van der Waals surface area contributed by atoms with E-state index in [0.717, 1.165) is 25.9 Å². The Morgan fingerprint density at radius 2 is 1.79 bits per heavy atom. The topological polar surface area (TPSA) is 87.6 Å². The van der Waals surface area contributed by atoms with E-state index < -0.39 is 10.0 Å². The highest BCUT2D eigenvalue weighted by molar-refractivity contribution is 7.90. The summed E-state index contributed by atoms with van der Waals surface area (Å²) in [5, 5.41) is 6.09. The highest BCUT2D eigenvalue weighted by Crippen LogP contribution is 2.23. The van der Waals surface area contributed by atoms with Gasteiger partial charge in [0.25, 0.3) is 15.9 Å². The van der Waals surface area contributed by atoms with E-state index in [2.05, 4.69) is 15.0 Å². The van der Waals surface area contributed by atoms with Crippen molar-refractivity contribution in [2.45, 2.75) is 31.6 Å². The third-order valence-electron chi connectivity index (χ3n) is 4.97. The lowest BCUT2D eigenvalue weighted by molar-refractivity contribution is 0.102. The molecule has 2 aromatic rings. The molecule has 7 heteroatoms. The lowest BCUT2D eigenvalue weighted by Crippen LogP contribution is -2.31. The van der Waals surface area contributed by atoms with E-state index in [1.54, 1.807) is 50.2 Å². The predicted octanol–water partition coefficient (Wildman–Crippen LogP) is 3.40. The van der Waals surface area contributed by atoms with Gasteiger partial charge < -0.3 is 10.6 Å². The molecule has 1 aliphatic heterocycles. The van der Waals surface area contributed by atoms with Gasteiger partial charge in [0, 0.05) is 22.9 Å². The molecule has 0 spiro atoms. The Labute approximate surface area is 166 Å². The van der Waals surface area contributed by atoms with Crippen LogP contribution in [0.1, 0.15) is 35.7 Å². The standard InChI is InChI=1S/C21H25N3O3S/c1-15-14-19(28(26,27)24-16(2)17-10-12-22-13-11-17)8-9-20(15)23-21(25)18-6-4-3-5-7-18/h3-9,14,17,22H,10-13H2,1-2H3,(H,23,25). The highest BCUT2D eigenvalue weighted by Gasteiger charge is 2.20. The van der Waals surface area contributed by atoms with Crippen molar-refractivity contribution in [1.82, 2.24) is 5.32 Å². The first kappa shape index (κ1) is 20.2. The second-order valence-electron chi connectivity index (χ2n) is 7.03. The number of carbonyl (C=O) groups excluding carboxylic acids is 1. The van der Waals surface area contributed by atoms with Gasteiger partial charge in [-0.15, -0.1) is 0 Å². The van der Waals surface area contributed by atoms with Gasteiger partial charge in [0.05, 0.1) is 4.90 Å². The largest absolute Gasteiger partial charge is 0.322 e. The molecule has 1 amide bonds. The normalized spacial score (nSPS) is 16.0. The molecular formula is C21H25N3O3S. The number of hydrogen-bond donors (Lipinski definition) is 2. The van der Waals surface area contributed by atoms with Crippen LogP contribution in [0.3, 0.4) is 0 Å². The second-order valence-corrected chi connectivity index (χ2v) is 8.63. The van der Waals surface area contributed by atoms with E-state index in [9.17, 15) is 13.2 Å². The third-order valence-corrected chi connectivity index (χ3v) is 6.35. The van der Waals surface area contributed by atoms with Gasteiger partial charge in [0.15, 0.2) is 0 Å². The monoisotopic (exact) mass is 399 g/mol. The summed E-state index contributed by atoms with van der Waals surface area (Å²) in [5.74, 6) is -0.0411. The van der Waals surface area contributed by atoms with Crippen molar-refractivity contribution in [3.63, 3.8) is 0 Å². The number of hydrogen-bond acceptors (Lipinski definition) is 4. The molecule has 2 aromatic carbocycles. The molecule has 0 atom stereocenters. The number of nitrogens with one attached hydrogen (secondary N) is 2. The molecule has 0 aromatic heterocycles. The van der Waals surface area contributed by atoms with Gasteiger partial charge in [-0.2, -0.15) is 12.8 Å². The van der Waals surface area contributed by atoms with Gasteiger partial charge in [-0.1, -0.05) is 18.2 Å². The van der Waals surface area contributed by atoms with E-state index in [0.29, 0.717) is 22.5 Å². The molecule has 0 unspecified atom stereocenters. The van der Waals surface area contributed by atoms with Gasteiger partial charge in [0.1, 0.15) is 0 Å². The summed E-state index contributed by atoms with van der Waals surface area (Å²) in [6, 6.07) is 13.5. The zero-order chi connectivity index (χ0) is 20.1. The average molecular weight is 400 g/mol. The molecule has 6 nitrogen and oxygen atoms in total. The first-order valence-corrected chi connectivity index (χ1v) is 10.8.